The molecule has 13 nitrogen and oxygen atoms in total. The van der Waals surface area contributed by atoms with Gasteiger partial charge in [-0.15, -0.1) is 0 Å². The Hall–Kier alpha value is -4.56. The molecule has 0 saturated carbocycles. The summed E-state index contributed by atoms with van der Waals surface area (Å²) in [7, 11) is 0. The number of thioether (sulfide) groups is 1. The number of rotatable bonds is 17. The third-order valence-electron chi connectivity index (χ3n) is 6.97. The first kappa shape index (κ1) is 33.9. The summed E-state index contributed by atoms with van der Waals surface area (Å²) in [6.45, 7) is 0. The van der Waals surface area contributed by atoms with Crippen LogP contribution in [0.15, 0.2) is 54.7 Å². The molecule has 4 unspecified atom stereocenters. The zero-order valence-corrected chi connectivity index (χ0v) is 24.9. The molecule has 0 bridgehead atoms. The second-order valence-corrected chi connectivity index (χ2v) is 11.3. The van der Waals surface area contributed by atoms with E-state index in [1.807, 2.05) is 24.3 Å². The van der Waals surface area contributed by atoms with Crippen molar-refractivity contribution >= 4 is 52.3 Å². The van der Waals surface area contributed by atoms with Gasteiger partial charge < -0.3 is 42.0 Å². The molecular weight excluding hydrogens is 590 g/mol. The van der Waals surface area contributed by atoms with Crippen LogP contribution in [-0.2, 0) is 36.8 Å². The van der Waals surface area contributed by atoms with Crippen LogP contribution in [0.25, 0.3) is 10.9 Å². The molecule has 3 rings (SSSR count). The Morgan fingerprint density at radius 2 is 1.45 bits per heavy atom. The smallest absolute Gasteiger partial charge is 0.326 e. The first-order chi connectivity index (χ1) is 21.0. The number of amides is 3. The Balaban J connectivity index is 1.71. The topological polar surface area (TPSA) is 224 Å². The minimum atomic E-state index is -1.32. The van der Waals surface area contributed by atoms with E-state index < -0.39 is 60.2 Å². The summed E-state index contributed by atoms with van der Waals surface area (Å²) in [6.07, 6.45) is 3.00. The van der Waals surface area contributed by atoms with Gasteiger partial charge in [-0.2, -0.15) is 11.8 Å². The monoisotopic (exact) mass is 627 g/mol. The molecular formula is C30H37N5O8S. The highest BCUT2D eigenvalue weighted by atomic mass is 32.2. The summed E-state index contributed by atoms with van der Waals surface area (Å²) < 4.78 is 0. The highest BCUT2D eigenvalue weighted by molar-refractivity contribution is 7.98. The van der Waals surface area contributed by atoms with Crippen molar-refractivity contribution < 1.29 is 39.3 Å². The van der Waals surface area contributed by atoms with Crippen LogP contribution in [0, 0.1) is 0 Å². The molecule has 9 N–H and O–H groups in total. The molecule has 236 valence electrons. The number of nitrogens with one attached hydrogen (secondary N) is 4. The average molecular weight is 628 g/mol. The molecule has 0 fully saturated rings. The van der Waals surface area contributed by atoms with Gasteiger partial charge in [-0.1, -0.05) is 30.3 Å². The van der Waals surface area contributed by atoms with E-state index in [0.717, 1.165) is 10.9 Å². The van der Waals surface area contributed by atoms with E-state index in [4.69, 9.17) is 5.73 Å². The predicted octanol–water partition coefficient (Wildman–Crippen LogP) is 1.14. The summed E-state index contributed by atoms with van der Waals surface area (Å²) in [5, 5.41) is 36.9. The van der Waals surface area contributed by atoms with E-state index in [2.05, 4.69) is 20.9 Å². The zero-order chi connectivity index (χ0) is 32.2. The number of aliphatic carboxylic acids is 2. The highest BCUT2D eigenvalue weighted by Gasteiger charge is 2.31. The zero-order valence-electron chi connectivity index (χ0n) is 24.1. The fourth-order valence-electron chi connectivity index (χ4n) is 4.56. The van der Waals surface area contributed by atoms with Crippen molar-refractivity contribution in [3.63, 3.8) is 0 Å². The van der Waals surface area contributed by atoms with Gasteiger partial charge in [-0.05, 0) is 60.6 Å². The fraction of sp³-hybridized carbons (Fsp3) is 0.367. The molecule has 1 aromatic heterocycles. The lowest BCUT2D eigenvalue weighted by atomic mass is 10.0. The number of fused-ring (bicyclic) bond motifs is 1. The molecule has 0 aliphatic carbocycles. The maximum Gasteiger partial charge on any atom is 0.326 e. The minimum Gasteiger partial charge on any atom is -0.508 e. The van der Waals surface area contributed by atoms with Gasteiger partial charge in [0.2, 0.25) is 17.7 Å². The number of carbonyl (C=O) groups is 5. The predicted molar refractivity (Wildman–Crippen MR) is 165 cm³/mol. The number of carboxylic acids is 2. The quantitative estimate of drug-likeness (QED) is 0.107. The number of aromatic hydroxyl groups is 1. The number of phenolic OH excluding ortho intramolecular Hbond substituents is 1. The maximum atomic E-state index is 13.3. The maximum absolute atomic E-state index is 13.3. The van der Waals surface area contributed by atoms with Gasteiger partial charge >= 0.3 is 11.9 Å². The number of aromatic amines is 1. The van der Waals surface area contributed by atoms with E-state index in [0.29, 0.717) is 16.9 Å². The van der Waals surface area contributed by atoms with Crippen molar-refractivity contribution in [2.45, 2.75) is 56.3 Å². The van der Waals surface area contributed by atoms with Crippen molar-refractivity contribution in [3.8, 4) is 5.75 Å². The van der Waals surface area contributed by atoms with Crippen LogP contribution in [0.5, 0.6) is 5.75 Å². The number of aromatic nitrogens is 1. The third kappa shape index (κ3) is 10.0. The van der Waals surface area contributed by atoms with Crippen LogP contribution in [0.2, 0.25) is 0 Å². The van der Waals surface area contributed by atoms with E-state index in [9.17, 15) is 39.3 Å². The SMILES string of the molecule is CSCCC(NC(=O)C(CCC(=O)O)NC(=O)C(N)Cc1ccc(O)cc1)C(=O)NC(Cc1c[nH]c2ccccc12)C(=O)O. The number of carboxylic acid groups (broad SMARTS) is 2. The van der Waals surface area contributed by atoms with E-state index in [-0.39, 0.29) is 31.4 Å². The molecule has 0 aliphatic heterocycles. The molecule has 44 heavy (non-hydrogen) atoms. The molecule has 4 atom stereocenters. The number of benzene rings is 2. The van der Waals surface area contributed by atoms with Crippen LogP contribution in [0.1, 0.15) is 30.4 Å². The van der Waals surface area contributed by atoms with Crippen molar-refractivity contribution in [1.29, 1.82) is 0 Å². The lowest BCUT2D eigenvalue weighted by molar-refractivity contribution is -0.142. The number of para-hydroxylation sites is 1. The lowest BCUT2D eigenvalue weighted by Gasteiger charge is -2.25. The highest BCUT2D eigenvalue weighted by Crippen LogP contribution is 2.19. The van der Waals surface area contributed by atoms with Crippen molar-refractivity contribution in [3.05, 3.63) is 65.9 Å². The standard InChI is InChI=1S/C30H37N5O8S/c1-44-13-12-24(29(41)35-25(30(42)43)15-18-16-32-22-5-3-2-4-20(18)22)34-28(40)23(10-11-26(37)38)33-27(39)21(31)14-17-6-8-19(36)9-7-17/h2-9,16,21,23-25,32,36H,10-15,31H2,1H3,(H,33,39)(H,34,40)(H,35,41)(H,37,38)(H,42,43). The van der Waals surface area contributed by atoms with Crippen LogP contribution in [0.4, 0.5) is 0 Å². The van der Waals surface area contributed by atoms with Gasteiger partial charge in [0.1, 0.15) is 23.9 Å². The summed E-state index contributed by atoms with van der Waals surface area (Å²) in [4.78, 5) is 65.9. The Bertz CT molecular complexity index is 1460. The summed E-state index contributed by atoms with van der Waals surface area (Å²) in [5.74, 6) is -4.20. The number of hydrogen-bond donors (Lipinski definition) is 8. The lowest BCUT2D eigenvalue weighted by Crippen LogP contribution is -2.57. The molecule has 0 spiro atoms. The third-order valence-corrected chi connectivity index (χ3v) is 7.61. The first-order valence-corrected chi connectivity index (χ1v) is 15.3. The van der Waals surface area contributed by atoms with Crippen LogP contribution in [-0.4, -0.2) is 86.1 Å². The van der Waals surface area contributed by atoms with E-state index in [1.54, 1.807) is 24.6 Å². The summed E-state index contributed by atoms with van der Waals surface area (Å²) in [5.41, 5.74) is 8.20. The van der Waals surface area contributed by atoms with Crippen molar-refractivity contribution in [2.75, 3.05) is 12.0 Å². The van der Waals surface area contributed by atoms with Gasteiger partial charge in [0, 0.05) is 29.9 Å². The molecule has 3 amide bonds. The van der Waals surface area contributed by atoms with Crippen molar-refractivity contribution in [1.82, 2.24) is 20.9 Å². The van der Waals surface area contributed by atoms with Gasteiger partial charge in [0.25, 0.3) is 0 Å². The Kier molecular flexibility index (Phi) is 12.6. The number of H-pyrrole nitrogens is 1. The number of nitrogens with two attached hydrogens (primary N) is 1. The number of carbonyl (C=O) groups excluding carboxylic acids is 3. The molecule has 3 aromatic rings. The van der Waals surface area contributed by atoms with E-state index in [1.165, 1.54) is 23.9 Å². The molecule has 1 heterocycles. The number of hydrogen-bond acceptors (Lipinski definition) is 8. The van der Waals surface area contributed by atoms with E-state index >= 15 is 0 Å². The normalized spacial score (nSPS) is 13.8. The van der Waals surface area contributed by atoms with Gasteiger partial charge in [0.05, 0.1) is 6.04 Å². The summed E-state index contributed by atoms with van der Waals surface area (Å²) >= 11 is 1.41. The molecule has 0 saturated heterocycles. The largest absolute Gasteiger partial charge is 0.508 e. The van der Waals surface area contributed by atoms with Crippen LogP contribution >= 0.6 is 11.8 Å². The van der Waals surface area contributed by atoms with Gasteiger partial charge in [-0.3, -0.25) is 19.2 Å². The second-order valence-electron chi connectivity index (χ2n) is 10.3. The Labute approximate surface area is 258 Å². The summed E-state index contributed by atoms with van der Waals surface area (Å²) in [6, 6.07) is 8.56. The molecule has 0 radical (unpaired) electrons. The van der Waals surface area contributed by atoms with Crippen LogP contribution in [0.3, 0.4) is 0 Å². The average Bonchev–Trinajstić information content (AvgIpc) is 3.40. The van der Waals surface area contributed by atoms with Gasteiger partial charge in [-0.25, -0.2) is 4.79 Å². The Morgan fingerprint density at radius 1 is 0.841 bits per heavy atom. The van der Waals surface area contributed by atoms with Gasteiger partial charge in [0.15, 0.2) is 0 Å². The molecule has 0 aliphatic rings. The fourth-order valence-corrected chi connectivity index (χ4v) is 5.04. The molecule has 14 heteroatoms. The number of phenols is 1. The second kappa shape index (κ2) is 16.3. The van der Waals surface area contributed by atoms with Crippen LogP contribution < -0.4 is 21.7 Å². The Morgan fingerprint density at radius 3 is 2.09 bits per heavy atom. The molecule has 2 aromatic carbocycles. The first-order valence-electron chi connectivity index (χ1n) is 13.9. The minimum absolute atomic E-state index is 0.00943. The van der Waals surface area contributed by atoms with Crippen molar-refractivity contribution in [2.24, 2.45) is 5.73 Å².